The average Bonchev–Trinajstić information content (AvgIpc) is 2.70. The fourth-order valence-corrected chi connectivity index (χ4v) is 1.71. The zero-order chi connectivity index (χ0) is 14.9. The molecule has 0 saturated heterocycles. The Bertz CT molecular complexity index is 681. The molecule has 0 atom stereocenters. The monoisotopic (exact) mass is 278 g/mol. The van der Waals surface area contributed by atoms with E-state index in [1.165, 1.54) is 4.90 Å². The Hall–Kier alpha value is -2.31. The smallest absolute Gasteiger partial charge is 0.410 e. The topological polar surface area (TPSA) is 79.7 Å². The summed E-state index contributed by atoms with van der Waals surface area (Å²) < 4.78 is 6.88. The van der Waals surface area contributed by atoms with Gasteiger partial charge in [-0.2, -0.15) is 0 Å². The van der Waals surface area contributed by atoms with E-state index in [1.54, 1.807) is 30.0 Å². The second-order valence-corrected chi connectivity index (χ2v) is 5.59. The van der Waals surface area contributed by atoms with Crippen molar-refractivity contribution < 1.29 is 9.53 Å². The van der Waals surface area contributed by atoms with Crippen LogP contribution < -0.4 is 5.56 Å². The predicted octanol–water partition coefficient (Wildman–Crippen LogP) is 1.39. The van der Waals surface area contributed by atoms with E-state index in [1.807, 2.05) is 20.8 Å². The summed E-state index contributed by atoms with van der Waals surface area (Å²) >= 11 is 0. The van der Waals surface area contributed by atoms with Crippen LogP contribution >= 0.6 is 0 Å². The van der Waals surface area contributed by atoms with E-state index in [0.717, 1.165) is 0 Å². The van der Waals surface area contributed by atoms with Gasteiger partial charge < -0.3 is 19.0 Å². The van der Waals surface area contributed by atoms with Crippen LogP contribution in [0.1, 0.15) is 26.5 Å². The number of aromatic amines is 1. The van der Waals surface area contributed by atoms with Crippen LogP contribution in [0.15, 0.2) is 23.4 Å². The third-order valence-corrected chi connectivity index (χ3v) is 2.54. The van der Waals surface area contributed by atoms with E-state index in [4.69, 9.17) is 4.74 Å². The van der Waals surface area contributed by atoms with E-state index in [9.17, 15) is 9.59 Å². The minimum Gasteiger partial charge on any atom is -0.444 e. The Labute approximate surface area is 116 Å². The molecule has 7 heteroatoms. The minimum absolute atomic E-state index is 0.265. The lowest BCUT2D eigenvalue weighted by Gasteiger charge is -2.24. The van der Waals surface area contributed by atoms with Gasteiger partial charge in [0, 0.05) is 25.6 Å². The first-order valence-electron chi connectivity index (χ1n) is 6.25. The van der Waals surface area contributed by atoms with Crippen molar-refractivity contribution in [2.24, 2.45) is 0 Å². The van der Waals surface area contributed by atoms with Crippen LogP contribution in [0.2, 0.25) is 0 Å². The third kappa shape index (κ3) is 3.17. The lowest BCUT2D eigenvalue weighted by atomic mass is 10.2. The van der Waals surface area contributed by atoms with Crippen LogP contribution in [0.3, 0.4) is 0 Å². The number of nitrogens with one attached hydrogen (secondary N) is 1. The maximum Gasteiger partial charge on any atom is 0.410 e. The van der Waals surface area contributed by atoms with Crippen molar-refractivity contribution in [2.75, 3.05) is 7.05 Å². The number of fused-ring (bicyclic) bond motifs is 1. The molecule has 0 bridgehead atoms. The normalized spacial score (nSPS) is 11.6. The molecule has 7 nitrogen and oxygen atoms in total. The number of H-pyrrole nitrogens is 1. The van der Waals surface area contributed by atoms with Crippen LogP contribution in [-0.2, 0) is 11.3 Å². The van der Waals surface area contributed by atoms with Gasteiger partial charge >= 0.3 is 6.09 Å². The van der Waals surface area contributed by atoms with Gasteiger partial charge in [0.15, 0.2) is 0 Å². The summed E-state index contributed by atoms with van der Waals surface area (Å²) in [7, 11) is 1.63. The van der Waals surface area contributed by atoms with Crippen LogP contribution in [0, 0.1) is 0 Å². The van der Waals surface area contributed by atoms with Gasteiger partial charge in [-0.15, -0.1) is 0 Å². The molecular formula is C13H18N4O3. The Morgan fingerprint density at radius 2 is 2.20 bits per heavy atom. The van der Waals surface area contributed by atoms with Gasteiger partial charge in [0.1, 0.15) is 5.60 Å². The number of carbonyl (C=O) groups is 1. The van der Waals surface area contributed by atoms with E-state index >= 15 is 0 Å². The van der Waals surface area contributed by atoms with Gasteiger partial charge in [0.2, 0.25) is 5.65 Å². The van der Waals surface area contributed by atoms with Crippen molar-refractivity contribution in [2.45, 2.75) is 32.9 Å². The molecule has 0 radical (unpaired) electrons. The maximum atomic E-state index is 11.8. The molecular weight excluding hydrogens is 260 g/mol. The highest BCUT2D eigenvalue weighted by Gasteiger charge is 2.20. The van der Waals surface area contributed by atoms with Gasteiger partial charge in [-0.1, -0.05) is 0 Å². The SMILES string of the molecule is CN(Cc1cn2cc[nH]c(=O)c2n1)C(=O)OC(C)(C)C. The van der Waals surface area contributed by atoms with Gasteiger partial charge in [0.25, 0.3) is 5.56 Å². The first kappa shape index (κ1) is 14.1. The highest BCUT2D eigenvalue weighted by atomic mass is 16.6. The maximum absolute atomic E-state index is 11.8. The fourth-order valence-electron chi connectivity index (χ4n) is 1.71. The number of nitrogens with zero attached hydrogens (tertiary/aromatic N) is 3. The van der Waals surface area contributed by atoms with E-state index in [-0.39, 0.29) is 12.1 Å². The van der Waals surface area contributed by atoms with E-state index in [2.05, 4.69) is 9.97 Å². The number of aromatic nitrogens is 3. The summed E-state index contributed by atoms with van der Waals surface area (Å²) in [6.07, 6.45) is 4.52. The molecule has 0 aliphatic heterocycles. The molecule has 2 heterocycles. The second-order valence-electron chi connectivity index (χ2n) is 5.59. The van der Waals surface area contributed by atoms with Crippen molar-refractivity contribution in [3.8, 4) is 0 Å². The summed E-state index contributed by atoms with van der Waals surface area (Å²) in [6.45, 7) is 5.70. The van der Waals surface area contributed by atoms with Crippen molar-refractivity contribution >= 4 is 11.7 Å². The van der Waals surface area contributed by atoms with Crippen LogP contribution in [0.5, 0.6) is 0 Å². The average molecular weight is 278 g/mol. The lowest BCUT2D eigenvalue weighted by Crippen LogP contribution is -2.33. The standard InChI is InChI=1S/C13H18N4O3/c1-13(2,3)20-12(19)16(4)7-9-8-17-6-5-14-11(18)10(17)15-9/h5-6,8H,7H2,1-4H3,(H,14,18). The van der Waals surface area contributed by atoms with Crippen molar-refractivity contribution in [3.63, 3.8) is 0 Å². The van der Waals surface area contributed by atoms with Gasteiger partial charge in [0.05, 0.1) is 12.2 Å². The third-order valence-electron chi connectivity index (χ3n) is 2.54. The zero-order valence-electron chi connectivity index (χ0n) is 12.0. The molecule has 2 aromatic heterocycles. The Balaban J connectivity index is 2.14. The molecule has 0 unspecified atom stereocenters. The molecule has 20 heavy (non-hydrogen) atoms. The summed E-state index contributed by atoms with van der Waals surface area (Å²) in [5, 5.41) is 0. The van der Waals surface area contributed by atoms with E-state index in [0.29, 0.717) is 11.3 Å². The van der Waals surface area contributed by atoms with E-state index < -0.39 is 11.7 Å². The second kappa shape index (κ2) is 4.99. The largest absolute Gasteiger partial charge is 0.444 e. The van der Waals surface area contributed by atoms with Gasteiger partial charge in [-0.3, -0.25) is 4.79 Å². The van der Waals surface area contributed by atoms with Crippen molar-refractivity contribution in [1.29, 1.82) is 0 Å². The zero-order valence-corrected chi connectivity index (χ0v) is 12.0. The molecule has 2 rings (SSSR count). The summed E-state index contributed by atoms with van der Waals surface area (Å²) in [6, 6.07) is 0. The first-order valence-corrected chi connectivity index (χ1v) is 6.25. The lowest BCUT2D eigenvalue weighted by molar-refractivity contribution is 0.0283. The summed E-state index contributed by atoms with van der Waals surface area (Å²) in [5.74, 6) is 0. The van der Waals surface area contributed by atoms with Crippen LogP contribution in [0.4, 0.5) is 4.79 Å². The number of amides is 1. The molecule has 0 fully saturated rings. The molecule has 108 valence electrons. The Morgan fingerprint density at radius 1 is 1.50 bits per heavy atom. The highest BCUT2D eigenvalue weighted by Crippen LogP contribution is 2.11. The van der Waals surface area contributed by atoms with Crippen LogP contribution in [-0.4, -0.2) is 38.0 Å². The number of ether oxygens (including phenoxy) is 1. The fraction of sp³-hybridized carbons (Fsp3) is 0.462. The number of carbonyl (C=O) groups excluding carboxylic acids is 1. The molecule has 0 aliphatic rings. The molecule has 1 N–H and O–H groups in total. The Morgan fingerprint density at radius 3 is 2.80 bits per heavy atom. The number of rotatable bonds is 2. The van der Waals surface area contributed by atoms with Gasteiger partial charge in [-0.25, -0.2) is 9.78 Å². The molecule has 0 spiro atoms. The number of hydrogen-bond acceptors (Lipinski definition) is 4. The van der Waals surface area contributed by atoms with Crippen molar-refractivity contribution in [3.05, 3.63) is 34.6 Å². The quantitative estimate of drug-likeness (QED) is 0.900. The number of imidazole rings is 1. The van der Waals surface area contributed by atoms with Gasteiger partial charge in [-0.05, 0) is 20.8 Å². The Kier molecular flexibility index (Phi) is 3.52. The highest BCUT2D eigenvalue weighted by molar-refractivity contribution is 5.67. The summed E-state index contributed by atoms with van der Waals surface area (Å²) in [5.41, 5.74) is 0.121. The molecule has 0 aromatic carbocycles. The number of hydrogen-bond donors (Lipinski definition) is 1. The van der Waals surface area contributed by atoms with Crippen LogP contribution in [0.25, 0.3) is 5.65 Å². The molecule has 2 aromatic rings. The summed E-state index contributed by atoms with van der Waals surface area (Å²) in [4.78, 5) is 31.6. The molecule has 0 saturated carbocycles. The van der Waals surface area contributed by atoms with Crippen molar-refractivity contribution in [1.82, 2.24) is 19.3 Å². The molecule has 0 aliphatic carbocycles. The minimum atomic E-state index is -0.540. The first-order chi connectivity index (χ1) is 9.26. The predicted molar refractivity (Wildman–Crippen MR) is 73.5 cm³/mol. The molecule has 1 amide bonds.